The van der Waals surface area contributed by atoms with E-state index < -0.39 is 8.32 Å². The Labute approximate surface area is 194 Å². The molecule has 3 atom stereocenters. The average molecular weight is 455 g/mol. The molecule has 3 rings (SSSR count). The lowest BCUT2D eigenvalue weighted by molar-refractivity contribution is -0.137. The average Bonchev–Trinajstić information content (AvgIpc) is 3.07. The fourth-order valence-corrected chi connectivity index (χ4v) is 9.86. The highest BCUT2D eigenvalue weighted by Crippen LogP contribution is 2.39. The van der Waals surface area contributed by atoms with Gasteiger partial charge in [-0.1, -0.05) is 94.8 Å². The van der Waals surface area contributed by atoms with Crippen LogP contribution in [0.15, 0.2) is 60.7 Å². The minimum Gasteiger partial charge on any atom is -0.462 e. The van der Waals surface area contributed by atoms with Gasteiger partial charge in [-0.3, -0.25) is 4.79 Å². The Morgan fingerprint density at radius 3 is 2.09 bits per heavy atom. The third-order valence-corrected chi connectivity index (χ3v) is 11.7. The van der Waals surface area contributed by atoms with Crippen molar-refractivity contribution in [2.24, 2.45) is 0 Å². The SMILES string of the molecule is CCC[C@]1(C)C[C@@H](OC=O)[C@H](CCO[Si](c2ccccc2)(c2ccccc2)C(C)(C)C)O1. The maximum absolute atomic E-state index is 11.1. The second-order valence-corrected chi connectivity index (χ2v) is 14.4. The molecule has 0 spiro atoms. The van der Waals surface area contributed by atoms with Crippen molar-refractivity contribution >= 4 is 25.2 Å². The van der Waals surface area contributed by atoms with E-state index in [1.165, 1.54) is 10.4 Å². The second-order valence-electron chi connectivity index (χ2n) is 10.1. The first-order valence-corrected chi connectivity index (χ1v) is 13.7. The molecule has 0 bridgehead atoms. The highest BCUT2D eigenvalue weighted by molar-refractivity contribution is 6.99. The topological polar surface area (TPSA) is 44.8 Å². The van der Waals surface area contributed by atoms with Crippen molar-refractivity contribution in [2.75, 3.05) is 6.61 Å². The van der Waals surface area contributed by atoms with Crippen molar-refractivity contribution in [1.82, 2.24) is 0 Å². The van der Waals surface area contributed by atoms with Crippen LogP contribution in [0.5, 0.6) is 0 Å². The summed E-state index contributed by atoms with van der Waals surface area (Å²) in [5.74, 6) is 0. The molecule has 0 aliphatic carbocycles. The predicted molar refractivity (Wildman–Crippen MR) is 132 cm³/mol. The van der Waals surface area contributed by atoms with Crippen LogP contribution < -0.4 is 10.4 Å². The summed E-state index contributed by atoms with van der Waals surface area (Å²) in [7, 11) is -2.58. The lowest BCUT2D eigenvalue weighted by Crippen LogP contribution is -2.66. The van der Waals surface area contributed by atoms with E-state index >= 15 is 0 Å². The van der Waals surface area contributed by atoms with Crippen LogP contribution in [0.4, 0.5) is 0 Å². The molecule has 1 heterocycles. The van der Waals surface area contributed by atoms with E-state index in [9.17, 15) is 4.79 Å². The van der Waals surface area contributed by atoms with Crippen molar-refractivity contribution in [3.05, 3.63) is 60.7 Å². The van der Waals surface area contributed by atoms with E-state index in [4.69, 9.17) is 13.9 Å². The predicted octanol–water partition coefficient (Wildman–Crippen LogP) is 4.84. The molecule has 1 saturated heterocycles. The lowest BCUT2D eigenvalue weighted by Gasteiger charge is -2.43. The molecule has 0 amide bonds. The minimum absolute atomic E-state index is 0.0678. The molecule has 2 aromatic rings. The summed E-state index contributed by atoms with van der Waals surface area (Å²) in [6, 6.07) is 21.3. The molecule has 0 radical (unpaired) electrons. The summed E-state index contributed by atoms with van der Waals surface area (Å²) < 4.78 is 18.8. The Morgan fingerprint density at radius 1 is 1.06 bits per heavy atom. The summed E-state index contributed by atoms with van der Waals surface area (Å²) in [5, 5.41) is 2.46. The molecular formula is C27H38O4Si. The van der Waals surface area contributed by atoms with Gasteiger partial charge in [-0.25, -0.2) is 0 Å². The van der Waals surface area contributed by atoms with Gasteiger partial charge in [-0.2, -0.15) is 0 Å². The van der Waals surface area contributed by atoms with Gasteiger partial charge in [0.15, 0.2) is 0 Å². The van der Waals surface area contributed by atoms with Crippen molar-refractivity contribution in [2.45, 2.75) is 83.1 Å². The van der Waals surface area contributed by atoms with Crippen molar-refractivity contribution in [1.29, 1.82) is 0 Å². The minimum atomic E-state index is -2.58. The molecule has 4 nitrogen and oxygen atoms in total. The number of hydrogen-bond acceptors (Lipinski definition) is 4. The normalized spacial score (nSPS) is 23.8. The maximum Gasteiger partial charge on any atom is 0.293 e. The lowest BCUT2D eigenvalue weighted by atomic mass is 9.95. The summed E-state index contributed by atoms with van der Waals surface area (Å²) in [4.78, 5) is 11.1. The molecule has 32 heavy (non-hydrogen) atoms. The van der Waals surface area contributed by atoms with E-state index in [0.29, 0.717) is 19.5 Å². The van der Waals surface area contributed by atoms with E-state index in [2.05, 4.69) is 95.3 Å². The summed E-state index contributed by atoms with van der Waals surface area (Å²) in [6.45, 7) is 12.2. The van der Waals surface area contributed by atoms with Gasteiger partial charge in [0.25, 0.3) is 14.8 Å². The van der Waals surface area contributed by atoms with Gasteiger partial charge in [0.1, 0.15) is 6.10 Å². The van der Waals surface area contributed by atoms with E-state index in [0.717, 1.165) is 19.3 Å². The van der Waals surface area contributed by atoms with Crippen molar-refractivity contribution in [3.8, 4) is 0 Å². The Morgan fingerprint density at radius 2 is 1.62 bits per heavy atom. The van der Waals surface area contributed by atoms with E-state index in [1.807, 2.05) is 0 Å². The van der Waals surface area contributed by atoms with Crippen LogP contribution >= 0.6 is 0 Å². The molecule has 0 N–H and O–H groups in total. The molecule has 1 fully saturated rings. The van der Waals surface area contributed by atoms with Crippen molar-refractivity contribution in [3.63, 3.8) is 0 Å². The highest BCUT2D eigenvalue weighted by atomic mass is 28.4. The standard InChI is InChI=1S/C27H38O4Si/c1-6-18-27(5)20-25(29-21-28)24(31-27)17-19-30-32(26(2,3)4,22-13-9-7-10-14-22)23-15-11-8-12-16-23/h7-16,21,24-25H,6,17-20H2,1-5H3/t24-,25+,27+/m0/s1. The summed E-state index contributed by atoms with van der Waals surface area (Å²) in [5.41, 5.74) is -0.246. The van der Waals surface area contributed by atoms with Gasteiger partial charge >= 0.3 is 0 Å². The second kappa shape index (κ2) is 10.3. The van der Waals surface area contributed by atoms with Gasteiger partial charge in [-0.05, 0) is 35.2 Å². The van der Waals surface area contributed by atoms with Crippen LogP contribution in [0.25, 0.3) is 0 Å². The number of rotatable bonds is 10. The van der Waals surface area contributed by atoms with Crippen LogP contribution in [0.1, 0.15) is 60.3 Å². The fourth-order valence-electron chi connectivity index (χ4n) is 5.28. The monoisotopic (exact) mass is 454 g/mol. The van der Waals surface area contributed by atoms with E-state index in [-0.39, 0.29) is 22.8 Å². The van der Waals surface area contributed by atoms with Gasteiger partial charge < -0.3 is 13.9 Å². The van der Waals surface area contributed by atoms with Gasteiger partial charge in [0.2, 0.25) is 0 Å². The Balaban J connectivity index is 1.87. The summed E-state index contributed by atoms with van der Waals surface area (Å²) in [6.07, 6.45) is 3.07. The molecular weight excluding hydrogens is 416 g/mol. The van der Waals surface area contributed by atoms with Crippen LogP contribution in [-0.4, -0.2) is 39.2 Å². The highest BCUT2D eigenvalue weighted by Gasteiger charge is 2.50. The Hall–Kier alpha value is -1.95. The number of ether oxygens (including phenoxy) is 2. The first kappa shape index (κ1) is 24.7. The molecule has 0 unspecified atom stereocenters. The molecule has 1 aliphatic rings. The number of carbonyl (C=O) groups is 1. The van der Waals surface area contributed by atoms with Gasteiger partial charge in [0, 0.05) is 13.0 Å². The number of hydrogen-bond donors (Lipinski definition) is 0. The van der Waals surface area contributed by atoms with Gasteiger partial charge in [-0.15, -0.1) is 0 Å². The third kappa shape index (κ3) is 5.16. The molecule has 5 heteroatoms. The van der Waals surface area contributed by atoms with Crippen LogP contribution in [-0.2, 0) is 18.7 Å². The molecule has 0 aromatic heterocycles. The zero-order chi connectivity index (χ0) is 23.2. The van der Waals surface area contributed by atoms with Gasteiger partial charge in [0.05, 0.1) is 11.7 Å². The molecule has 2 aromatic carbocycles. The first-order chi connectivity index (χ1) is 15.3. The van der Waals surface area contributed by atoms with Crippen LogP contribution in [0.3, 0.4) is 0 Å². The number of carbonyl (C=O) groups excluding carboxylic acids is 1. The van der Waals surface area contributed by atoms with Crippen molar-refractivity contribution < 1.29 is 18.7 Å². The quantitative estimate of drug-likeness (QED) is 0.381. The molecule has 0 saturated carbocycles. The van der Waals surface area contributed by atoms with E-state index in [1.54, 1.807) is 0 Å². The zero-order valence-electron chi connectivity index (χ0n) is 20.2. The largest absolute Gasteiger partial charge is 0.462 e. The Kier molecular flexibility index (Phi) is 7.96. The zero-order valence-corrected chi connectivity index (χ0v) is 21.2. The maximum atomic E-state index is 11.1. The number of benzene rings is 2. The Bertz CT molecular complexity index is 809. The van der Waals surface area contributed by atoms with Crippen LogP contribution in [0, 0.1) is 0 Å². The fraction of sp³-hybridized carbons (Fsp3) is 0.519. The molecule has 1 aliphatic heterocycles. The first-order valence-electron chi connectivity index (χ1n) is 11.8. The molecule has 174 valence electrons. The smallest absolute Gasteiger partial charge is 0.293 e. The van der Waals surface area contributed by atoms with Crippen LogP contribution in [0.2, 0.25) is 5.04 Å². The summed E-state index contributed by atoms with van der Waals surface area (Å²) >= 11 is 0. The third-order valence-electron chi connectivity index (χ3n) is 6.63.